The largest absolute Gasteiger partial charge is 0.303 e. The van der Waals surface area contributed by atoms with Crippen LogP contribution in [0.4, 0.5) is 0 Å². The molecule has 0 radical (unpaired) electrons. The molecule has 1 aromatic carbocycles. The Balaban J connectivity index is 1.93. The van der Waals surface area contributed by atoms with Gasteiger partial charge >= 0.3 is 0 Å². The molecule has 3 nitrogen and oxygen atoms in total. The Kier molecular flexibility index (Phi) is 4.07. The first-order valence-electron chi connectivity index (χ1n) is 5.50. The highest BCUT2D eigenvalue weighted by Gasteiger charge is 2.05. The summed E-state index contributed by atoms with van der Waals surface area (Å²) in [4.78, 5) is 8.33. The lowest BCUT2D eigenvalue weighted by Gasteiger charge is -2.13. The summed E-state index contributed by atoms with van der Waals surface area (Å²) in [5, 5.41) is 4.12. The molecule has 4 heteroatoms. The molecule has 1 atom stereocenters. The van der Waals surface area contributed by atoms with E-state index in [1.165, 1.54) is 5.56 Å². The van der Waals surface area contributed by atoms with Crippen molar-refractivity contribution in [3.8, 4) is 0 Å². The first-order valence-corrected chi connectivity index (χ1v) is 5.88. The zero-order valence-electron chi connectivity index (χ0n) is 9.60. The van der Waals surface area contributed by atoms with Crippen LogP contribution < -0.4 is 5.32 Å². The molecule has 0 saturated carbocycles. The summed E-state index contributed by atoms with van der Waals surface area (Å²) in [5.74, 6) is 0.799. The highest BCUT2D eigenvalue weighted by Crippen LogP contribution is 2.16. The van der Waals surface area contributed by atoms with Crippen molar-refractivity contribution < 1.29 is 0 Å². The van der Waals surface area contributed by atoms with E-state index in [2.05, 4.69) is 22.2 Å². The zero-order valence-corrected chi connectivity index (χ0v) is 10.4. The van der Waals surface area contributed by atoms with Gasteiger partial charge in [0, 0.05) is 23.5 Å². The van der Waals surface area contributed by atoms with Crippen LogP contribution in [0.5, 0.6) is 0 Å². The van der Waals surface area contributed by atoms with Crippen LogP contribution in [-0.4, -0.2) is 9.97 Å². The standard InChI is InChI=1S/C13H14ClN3/c1-10(11-3-5-12(14)6-4-11)17-9-13-15-7-2-8-16-13/h2-8,10,17H,9H2,1H3. The Morgan fingerprint density at radius 1 is 1.18 bits per heavy atom. The van der Waals surface area contributed by atoms with Crippen LogP contribution in [0, 0.1) is 0 Å². The van der Waals surface area contributed by atoms with E-state index in [9.17, 15) is 0 Å². The number of halogens is 1. The summed E-state index contributed by atoms with van der Waals surface area (Å²) < 4.78 is 0. The number of hydrogen-bond acceptors (Lipinski definition) is 3. The average molecular weight is 248 g/mol. The predicted molar refractivity (Wildman–Crippen MR) is 68.7 cm³/mol. The van der Waals surface area contributed by atoms with E-state index < -0.39 is 0 Å². The molecular weight excluding hydrogens is 234 g/mol. The van der Waals surface area contributed by atoms with Gasteiger partial charge in [0.25, 0.3) is 0 Å². The molecule has 1 aromatic heterocycles. The molecule has 0 spiro atoms. The van der Waals surface area contributed by atoms with Crippen LogP contribution in [-0.2, 0) is 6.54 Å². The van der Waals surface area contributed by atoms with Crippen LogP contribution >= 0.6 is 11.6 Å². The smallest absolute Gasteiger partial charge is 0.141 e. The number of nitrogens with zero attached hydrogens (tertiary/aromatic N) is 2. The van der Waals surface area contributed by atoms with Gasteiger partial charge in [-0.3, -0.25) is 0 Å². The minimum atomic E-state index is 0.246. The molecule has 0 bridgehead atoms. The fraction of sp³-hybridized carbons (Fsp3) is 0.231. The van der Waals surface area contributed by atoms with Crippen molar-refractivity contribution in [1.82, 2.24) is 15.3 Å². The number of aromatic nitrogens is 2. The van der Waals surface area contributed by atoms with Crippen molar-refractivity contribution in [2.75, 3.05) is 0 Å². The molecular formula is C13H14ClN3. The van der Waals surface area contributed by atoms with Crippen LogP contribution in [0.1, 0.15) is 24.4 Å². The molecule has 1 N–H and O–H groups in total. The minimum absolute atomic E-state index is 0.246. The van der Waals surface area contributed by atoms with E-state index in [0.717, 1.165) is 10.8 Å². The van der Waals surface area contributed by atoms with Gasteiger partial charge in [-0.05, 0) is 30.7 Å². The van der Waals surface area contributed by atoms with Gasteiger partial charge in [-0.15, -0.1) is 0 Å². The van der Waals surface area contributed by atoms with Crippen LogP contribution in [0.25, 0.3) is 0 Å². The van der Waals surface area contributed by atoms with E-state index in [0.29, 0.717) is 6.54 Å². The lowest BCUT2D eigenvalue weighted by Crippen LogP contribution is -2.19. The molecule has 0 saturated heterocycles. The maximum atomic E-state index is 5.85. The Bertz CT molecular complexity index is 456. The van der Waals surface area contributed by atoms with E-state index in [1.807, 2.05) is 30.3 Å². The SMILES string of the molecule is CC(NCc1ncccn1)c1ccc(Cl)cc1. The average Bonchev–Trinajstić information content (AvgIpc) is 2.38. The van der Waals surface area contributed by atoms with Gasteiger partial charge in [-0.25, -0.2) is 9.97 Å². The maximum Gasteiger partial charge on any atom is 0.141 e. The first-order chi connectivity index (χ1) is 8.25. The van der Waals surface area contributed by atoms with Gasteiger partial charge < -0.3 is 5.32 Å². The van der Waals surface area contributed by atoms with Crippen molar-refractivity contribution in [2.45, 2.75) is 19.5 Å². The molecule has 0 aliphatic carbocycles. The number of nitrogens with one attached hydrogen (secondary N) is 1. The molecule has 0 aliphatic rings. The van der Waals surface area contributed by atoms with Crippen LogP contribution in [0.15, 0.2) is 42.7 Å². The predicted octanol–water partition coefficient (Wildman–Crippen LogP) is 2.98. The van der Waals surface area contributed by atoms with Crippen LogP contribution in [0.2, 0.25) is 5.02 Å². The van der Waals surface area contributed by atoms with E-state index in [1.54, 1.807) is 12.4 Å². The third-order valence-corrected chi connectivity index (χ3v) is 2.81. The van der Waals surface area contributed by atoms with Gasteiger partial charge in [0.05, 0.1) is 6.54 Å². The quantitative estimate of drug-likeness (QED) is 0.903. The Morgan fingerprint density at radius 2 is 1.82 bits per heavy atom. The fourth-order valence-electron chi connectivity index (χ4n) is 1.53. The Morgan fingerprint density at radius 3 is 2.47 bits per heavy atom. The maximum absolute atomic E-state index is 5.85. The zero-order chi connectivity index (χ0) is 12.1. The summed E-state index contributed by atoms with van der Waals surface area (Å²) in [6, 6.07) is 9.89. The van der Waals surface area contributed by atoms with Crippen molar-refractivity contribution in [2.24, 2.45) is 0 Å². The van der Waals surface area contributed by atoms with Crippen LogP contribution in [0.3, 0.4) is 0 Å². The van der Waals surface area contributed by atoms with Crippen molar-refractivity contribution in [1.29, 1.82) is 0 Å². The number of benzene rings is 1. The molecule has 0 fully saturated rings. The highest BCUT2D eigenvalue weighted by molar-refractivity contribution is 6.30. The summed E-state index contributed by atoms with van der Waals surface area (Å²) in [6.45, 7) is 2.76. The van der Waals surface area contributed by atoms with E-state index in [4.69, 9.17) is 11.6 Å². The molecule has 17 heavy (non-hydrogen) atoms. The second-order valence-electron chi connectivity index (χ2n) is 3.82. The van der Waals surface area contributed by atoms with Crippen molar-refractivity contribution >= 4 is 11.6 Å². The van der Waals surface area contributed by atoms with Gasteiger partial charge in [-0.1, -0.05) is 23.7 Å². The third-order valence-electron chi connectivity index (χ3n) is 2.56. The summed E-state index contributed by atoms with van der Waals surface area (Å²) in [6.07, 6.45) is 3.49. The third kappa shape index (κ3) is 3.51. The van der Waals surface area contributed by atoms with Gasteiger partial charge in [0.2, 0.25) is 0 Å². The molecule has 0 amide bonds. The molecule has 88 valence electrons. The van der Waals surface area contributed by atoms with E-state index in [-0.39, 0.29) is 6.04 Å². The van der Waals surface area contributed by atoms with Crippen molar-refractivity contribution in [3.63, 3.8) is 0 Å². The summed E-state index contributed by atoms with van der Waals surface area (Å²) >= 11 is 5.85. The monoisotopic (exact) mass is 247 g/mol. The fourth-order valence-corrected chi connectivity index (χ4v) is 1.66. The summed E-state index contributed by atoms with van der Waals surface area (Å²) in [5.41, 5.74) is 1.20. The second-order valence-corrected chi connectivity index (χ2v) is 4.26. The van der Waals surface area contributed by atoms with Crippen molar-refractivity contribution in [3.05, 3.63) is 59.1 Å². The Hall–Kier alpha value is -1.45. The first kappa shape index (κ1) is 12.0. The lowest BCUT2D eigenvalue weighted by atomic mass is 10.1. The normalized spacial score (nSPS) is 12.4. The highest BCUT2D eigenvalue weighted by atomic mass is 35.5. The Labute approximate surface area is 106 Å². The van der Waals surface area contributed by atoms with Gasteiger partial charge in [0.15, 0.2) is 0 Å². The lowest BCUT2D eigenvalue weighted by molar-refractivity contribution is 0.559. The van der Waals surface area contributed by atoms with Gasteiger partial charge in [0.1, 0.15) is 5.82 Å². The number of hydrogen-bond donors (Lipinski definition) is 1. The molecule has 2 aromatic rings. The summed E-state index contributed by atoms with van der Waals surface area (Å²) in [7, 11) is 0. The molecule has 1 unspecified atom stereocenters. The topological polar surface area (TPSA) is 37.8 Å². The minimum Gasteiger partial charge on any atom is -0.303 e. The van der Waals surface area contributed by atoms with E-state index >= 15 is 0 Å². The molecule has 1 heterocycles. The molecule has 0 aliphatic heterocycles. The van der Waals surface area contributed by atoms with Gasteiger partial charge in [-0.2, -0.15) is 0 Å². The number of rotatable bonds is 4. The second kappa shape index (κ2) is 5.75. The molecule has 2 rings (SSSR count).